The second-order valence-electron chi connectivity index (χ2n) is 5.13. The Morgan fingerprint density at radius 1 is 1.18 bits per heavy atom. The van der Waals surface area contributed by atoms with Crippen LogP contribution in [-0.2, 0) is 11.4 Å². The summed E-state index contributed by atoms with van der Waals surface area (Å²) >= 11 is 1.28. The minimum atomic E-state index is -0.352. The number of hydrogen-bond acceptors (Lipinski definition) is 3. The highest BCUT2D eigenvalue weighted by molar-refractivity contribution is 7.99. The lowest BCUT2D eigenvalue weighted by Crippen LogP contribution is -2.23. The van der Waals surface area contributed by atoms with Crippen molar-refractivity contribution >= 4 is 23.4 Å². The van der Waals surface area contributed by atoms with Crippen LogP contribution < -0.4 is 4.90 Å². The molecule has 0 aromatic heterocycles. The first kappa shape index (κ1) is 15.1. The molecular formula is C17H16FNO2S. The first-order valence-electron chi connectivity index (χ1n) is 7.15. The van der Waals surface area contributed by atoms with Crippen LogP contribution in [0.2, 0.25) is 0 Å². The molecule has 1 heterocycles. The quantitative estimate of drug-likeness (QED) is 0.937. The Hall–Kier alpha value is -1.85. The van der Waals surface area contributed by atoms with E-state index in [0.717, 1.165) is 16.9 Å². The summed E-state index contributed by atoms with van der Waals surface area (Å²) in [5, 5.41) is 9.33. The van der Waals surface area contributed by atoms with Gasteiger partial charge in [-0.25, -0.2) is 4.39 Å². The van der Waals surface area contributed by atoms with Crippen molar-refractivity contribution in [1.82, 2.24) is 0 Å². The summed E-state index contributed by atoms with van der Waals surface area (Å²) in [6.07, 6.45) is 1.35. The van der Waals surface area contributed by atoms with Crippen molar-refractivity contribution in [1.29, 1.82) is 0 Å². The fourth-order valence-corrected chi connectivity index (χ4v) is 3.45. The number of aliphatic hydroxyl groups is 1. The lowest BCUT2D eigenvalue weighted by Gasteiger charge is -2.16. The summed E-state index contributed by atoms with van der Waals surface area (Å²) < 4.78 is 14.3. The molecule has 2 aromatic rings. The number of rotatable bonds is 4. The molecule has 1 N–H and O–H groups in total. The molecule has 1 aliphatic heterocycles. The molecule has 0 unspecified atom stereocenters. The van der Waals surface area contributed by atoms with Crippen molar-refractivity contribution in [2.24, 2.45) is 0 Å². The lowest BCUT2D eigenvalue weighted by atomic mass is 10.2. The number of benzene rings is 2. The Bertz CT molecular complexity index is 705. The SMILES string of the molecule is O=C1CCCN1c1ccc(Sc2ccccc2CO)c(F)c1. The first-order valence-corrected chi connectivity index (χ1v) is 7.97. The molecule has 5 heteroatoms. The third kappa shape index (κ3) is 3.00. The number of aliphatic hydroxyl groups excluding tert-OH is 1. The Morgan fingerprint density at radius 3 is 2.68 bits per heavy atom. The minimum Gasteiger partial charge on any atom is -0.392 e. The molecule has 1 saturated heterocycles. The number of halogens is 1. The molecule has 1 aliphatic rings. The van der Waals surface area contributed by atoms with Gasteiger partial charge in [0.25, 0.3) is 0 Å². The Labute approximate surface area is 132 Å². The van der Waals surface area contributed by atoms with Crippen molar-refractivity contribution in [3.63, 3.8) is 0 Å². The average Bonchev–Trinajstić information content (AvgIpc) is 2.96. The molecule has 2 aromatic carbocycles. The number of carbonyl (C=O) groups is 1. The Balaban J connectivity index is 1.85. The highest BCUT2D eigenvalue weighted by atomic mass is 32.2. The Morgan fingerprint density at radius 2 is 2.00 bits per heavy atom. The zero-order valence-electron chi connectivity index (χ0n) is 12.0. The molecule has 1 amide bonds. The van der Waals surface area contributed by atoms with E-state index in [4.69, 9.17) is 0 Å². The maximum atomic E-state index is 14.3. The fraction of sp³-hybridized carbons (Fsp3) is 0.235. The molecule has 0 spiro atoms. The normalized spacial score (nSPS) is 14.6. The van der Waals surface area contributed by atoms with Crippen LogP contribution in [0, 0.1) is 5.82 Å². The standard InChI is InChI=1S/C17H16FNO2S/c18-14-10-13(19-9-3-6-17(19)21)7-8-16(14)22-15-5-2-1-4-12(15)11-20/h1-2,4-5,7-8,10,20H,3,6,9,11H2. The molecule has 3 rings (SSSR count). The van der Waals surface area contributed by atoms with Gasteiger partial charge in [0, 0.05) is 28.4 Å². The average molecular weight is 317 g/mol. The van der Waals surface area contributed by atoms with Crippen LogP contribution in [0.1, 0.15) is 18.4 Å². The minimum absolute atomic E-state index is 0.0467. The zero-order chi connectivity index (χ0) is 15.5. The molecule has 0 radical (unpaired) electrons. The molecule has 3 nitrogen and oxygen atoms in total. The summed E-state index contributed by atoms with van der Waals surface area (Å²) in [6, 6.07) is 12.2. The maximum absolute atomic E-state index is 14.3. The zero-order valence-corrected chi connectivity index (χ0v) is 12.8. The molecule has 114 valence electrons. The van der Waals surface area contributed by atoms with Crippen LogP contribution in [-0.4, -0.2) is 17.6 Å². The highest BCUT2D eigenvalue weighted by Crippen LogP contribution is 2.34. The van der Waals surface area contributed by atoms with E-state index < -0.39 is 0 Å². The summed E-state index contributed by atoms with van der Waals surface area (Å²) in [5.74, 6) is -0.305. The van der Waals surface area contributed by atoms with Crippen LogP contribution in [0.15, 0.2) is 52.3 Å². The van der Waals surface area contributed by atoms with Gasteiger partial charge in [0.05, 0.1) is 6.61 Å². The van der Waals surface area contributed by atoms with E-state index in [1.165, 1.54) is 17.8 Å². The number of hydrogen-bond donors (Lipinski definition) is 1. The van der Waals surface area contributed by atoms with Gasteiger partial charge in [-0.3, -0.25) is 4.79 Å². The summed E-state index contributed by atoms with van der Waals surface area (Å²) in [7, 11) is 0. The number of anilines is 1. The predicted molar refractivity (Wildman–Crippen MR) is 84.5 cm³/mol. The topological polar surface area (TPSA) is 40.5 Å². The third-order valence-corrected chi connectivity index (χ3v) is 4.83. The van der Waals surface area contributed by atoms with Gasteiger partial charge in [0.1, 0.15) is 5.82 Å². The van der Waals surface area contributed by atoms with Gasteiger partial charge in [0.2, 0.25) is 5.91 Å². The molecule has 0 saturated carbocycles. The van der Waals surface area contributed by atoms with Gasteiger partial charge in [-0.15, -0.1) is 0 Å². The van der Waals surface area contributed by atoms with E-state index in [1.807, 2.05) is 24.3 Å². The van der Waals surface area contributed by atoms with Gasteiger partial charge in [-0.2, -0.15) is 0 Å². The first-order chi connectivity index (χ1) is 10.7. The van der Waals surface area contributed by atoms with E-state index in [0.29, 0.717) is 23.5 Å². The van der Waals surface area contributed by atoms with Crippen molar-refractivity contribution < 1.29 is 14.3 Å². The van der Waals surface area contributed by atoms with Crippen molar-refractivity contribution in [2.45, 2.75) is 29.2 Å². The van der Waals surface area contributed by atoms with Crippen LogP contribution >= 0.6 is 11.8 Å². The summed E-state index contributed by atoms with van der Waals surface area (Å²) in [5.41, 5.74) is 1.38. The number of carbonyl (C=O) groups excluding carboxylic acids is 1. The van der Waals surface area contributed by atoms with Gasteiger partial charge < -0.3 is 10.0 Å². The number of amides is 1. The van der Waals surface area contributed by atoms with Crippen molar-refractivity contribution in [2.75, 3.05) is 11.4 Å². The van der Waals surface area contributed by atoms with Crippen LogP contribution in [0.3, 0.4) is 0 Å². The fourth-order valence-electron chi connectivity index (χ4n) is 2.51. The monoisotopic (exact) mass is 317 g/mol. The predicted octanol–water partition coefficient (Wildman–Crippen LogP) is 3.60. The van der Waals surface area contributed by atoms with Crippen LogP contribution in [0.5, 0.6) is 0 Å². The van der Waals surface area contributed by atoms with E-state index >= 15 is 0 Å². The largest absolute Gasteiger partial charge is 0.392 e. The smallest absolute Gasteiger partial charge is 0.227 e. The van der Waals surface area contributed by atoms with Gasteiger partial charge >= 0.3 is 0 Å². The molecule has 0 aliphatic carbocycles. The summed E-state index contributed by atoms with van der Waals surface area (Å²) in [4.78, 5) is 14.7. The summed E-state index contributed by atoms with van der Waals surface area (Å²) in [6.45, 7) is 0.573. The van der Waals surface area contributed by atoms with Crippen molar-refractivity contribution in [3.8, 4) is 0 Å². The highest BCUT2D eigenvalue weighted by Gasteiger charge is 2.22. The third-order valence-electron chi connectivity index (χ3n) is 3.66. The Kier molecular flexibility index (Phi) is 4.45. The van der Waals surface area contributed by atoms with Crippen LogP contribution in [0.25, 0.3) is 0 Å². The molecular weight excluding hydrogens is 301 g/mol. The second kappa shape index (κ2) is 6.50. The van der Waals surface area contributed by atoms with E-state index in [-0.39, 0.29) is 18.3 Å². The van der Waals surface area contributed by atoms with E-state index in [9.17, 15) is 14.3 Å². The van der Waals surface area contributed by atoms with Gasteiger partial charge in [0.15, 0.2) is 0 Å². The van der Waals surface area contributed by atoms with Crippen LogP contribution in [0.4, 0.5) is 10.1 Å². The molecule has 22 heavy (non-hydrogen) atoms. The lowest BCUT2D eigenvalue weighted by molar-refractivity contribution is -0.117. The van der Waals surface area contributed by atoms with Gasteiger partial charge in [-0.1, -0.05) is 30.0 Å². The van der Waals surface area contributed by atoms with Gasteiger partial charge in [-0.05, 0) is 36.2 Å². The molecule has 0 bridgehead atoms. The van der Waals surface area contributed by atoms with E-state index in [1.54, 1.807) is 17.0 Å². The molecule has 0 atom stereocenters. The van der Waals surface area contributed by atoms with E-state index in [2.05, 4.69) is 0 Å². The number of nitrogens with zero attached hydrogens (tertiary/aromatic N) is 1. The second-order valence-corrected chi connectivity index (χ2v) is 6.22. The van der Waals surface area contributed by atoms with Crippen molar-refractivity contribution in [3.05, 3.63) is 53.8 Å². The maximum Gasteiger partial charge on any atom is 0.227 e. The molecule has 1 fully saturated rings.